The van der Waals surface area contributed by atoms with Crippen LogP contribution in [0.25, 0.3) is 11.1 Å². The predicted octanol–water partition coefficient (Wildman–Crippen LogP) is 5.59. The van der Waals surface area contributed by atoms with Gasteiger partial charge >= 0.3 is 12.1 Å². The Balaban J connectivity index is 0.00000336. The Morgan fingerprint density at radius 1 is 1.05 bits per heavy atom. The monoisotopic (exact) mass is 569 g/mol. The van der Waals surface area contributed by atoms with E-state index in [9.17, 15) is 23.1 Å². The predicted molar refractivity (Wildman–Crippen MR) is 144 cm³/mol. The van der Waals surface area contributed by atoms with E-state index < -0.39 is 29.4 Å². The number of alkyl halides is 3. The summed E-state index contributed by atoms with van der Waals surface area (Å²) in [6.45, 7) is 4.65. The number of hydrogen-bond acceptors (Lipinski definition) is 5. The van der Waals surface area contributed by atoms with E-state index in [1.807, 2.05) is 17.0 Å². The van der Waals surface area contributed by atoms with Crippen molar-refractivity contribution in [2.24, 2.45) is 0 Å². The van der Waals surface area contributed by atoms with Gasteiger partial charge < -0.3 is 20.2 Å². The molecule has 0 amide bonds. The molecule has 204 valence electrons. The van der Waals surface area contributed by atoms with Crippen molar-refractivity contribution >= 4 is 41.4 Å². The molecule has 2 N–H and O–H groups in total. The summed E-state index contributed by atoms with van der Waals surface area (Å²) < 4.78 is 42.3. The molecule has 1 aromatic heterocycles. The van der Waals surface area contributed by atoms with Gasteiger partial charge in [0.1, 0.15) is 5.56 Å². The number of hydrogen-bond donors (Lipinski definition) is 2. The highest BCUT2D eigenvalue weighted by molar-refractivity contribution is 6.31. The van der Waals surface area contributed by atoms with E-state index in [0.29, 0.717) is 24.4 Å². The third-order valence-corrected chi connectivity index (χ3v) is 7.23. The molecule has 0 bridgehead atoms. The first-order valence-corrected chi connectivity index (χ1v) is 12.6. The minimum Gasteiger partial charge on any atom is -0.478 e. The van der Waals surface area contributed by atoms with Gasteiger partial charge in [0.25, 0.3) is 0 Å². The third-order valence-electron chi connectivity index (χ3n) is 7.00. The summed E-state index contributed by atoms with van der Waals surface area (Å²) in [5.74, 6) is -1.65. The van der Waals surface area contributed by atoms with Gasteiger partial charge in [-0.1, -0.05) is 29.8 Å². The lowest BCUT2D eigenvalue weighted by atomic mass is 9.99. The molecule has 3 heterocycles. The Bertz CT molecular complexity index is 1280. The molecule has 12 heteroatoms. The van der Waals surface area contributed by atoms with E-state index in [1.165, 1.54) is 0 Å². The van der Waals surface area contributed by atoms with Gasteiger partial charge in [-0.15, -0.1) is 12.4 Å². The maximum Gasteiger partial charge on any atom is 0.433 e. The number of nitrogens with zero attached hydrogens (tertiary/aromatic N) is 4. The van der Waals surface area contributed by atoms with Gasteiger partial charge in [0, 0.05) is 61.2 Å². The summed E-state index contributed by atoms with van der Waals surface area (Å²) >= 11 is 6.36. The Morgan fingerprint density at radius 3 is 2.42 bits per heavy atom. The van der Waals surface area contributed by atoms with E-state index in [1.54, 1.807) is 6.07 Å². The zero-order valence-electron chi connectivity index (χ0n) is 20.4. The van der Waals surface area contributed by atoms with Crippen LogP contribution in [0.1, 0.15) is 34.9 Å². The number of nitrogens with one attached hydrogen (secondary N) is 1. The van der Waals surface area contributed by atoms with E-state index in [4.69, 9.17) is 11.6 Å². The summed E-state index contributed by atoms with van der Waals surface area (Å²) in [6.07, 6.45) is -2.97. The van der Waals surface area contributed by atoms with Gasteiger partial charge in [-0.3, -0.25) is 4.68 Å². The fourth-order valence-electron chi connectivity index (χ4n) is 5.24. The normalized spacial score (nSPS) is 18.3. The summed E-state index contributed by atoms with van der Waals surface area (Å²) in [5.41, 5.74) is 1.83. The van der Waals surface area contributed by atoms with Crippen molar-refractivity contribution < 1.29 is 23.1 Å². The molecule has 2 saturated heterocycles. The van der Waals surface area contributed by atoms with Crippen molar-refractivity contribution in [3.8, 4) is 11.1 Å². The number of rotatable bonds is 5. The molecule has 2 aliphatic heterocycles. The first kappa shape index (κ1) is 28.1. The maximum absolute atomic E-state index is 13.8. The second-order valence-corrected chi connectivity index (χ2v) is 9.78. The van der Waals surface area contributed by atoms with Crippen LogP contribution < -0.4 is 15.1 Å². The number of piperidine rings is 1. The molecule has 2 fully saturated rings. The molecule has 0 spiro atoms. The highest BCUT2D eigenvalue weighted by atomic mass is 35.5. The topological polar surface area (TPSA) is 73.6 Å². The largest absolute Gasteiger partial charge is 0.478 e. The minimum absolute atomic E-state index is 0. The summed E-state index contributed by atoms with van der Waals surface area (Å²) in [4.78, 5) is 15.8. The van der Waals surface area contributed by atoms with E-state index in [0.717, 1.165) is 59.6 Å². The molecule has 2 aliphatic rings. The fourth-order valence-corrected chi connectivity index (χ4v) is 5.40. The zero-order valence-corrected chi connectivity index (χ0v) is 22.0. The van der Waals surface area contributed by atoms with Crippen LogP contribution in [0.4, 0.5) is 24.5 Å². The van der Waals surface area contributed by atoms with E-state index >= 15 is 0 Å². The Hall–Kier alpha value is -2.95. The Morgan fingerprint density at radius 2 is 1.76 bits per heavy atom. The van der Waals surface area contributed by atoms with Crippen LogP contribution in [0.2, 0.25) is 5.02 Å². The Labute approximate surface area is 229 Å². The zero-order chi connectivity index (χ0) is 26.2. The number of aromatic nitrogens is 2. The highest BCUT2D eigenvalue weighted by Crippen LogP contribution is 2.39. The van der Waals surface area contributed by atoms with Gasteiger partial charge in [0.2, 0.25) is 0 Å². The quantitative estimate of drug-likeness (QED) is 0.417. The van der Waals surface area contributed by atoms with Gasteiger partial charge in [-0.2, -0.15) is 18.3 Å². The summed E-state index contributed by atoms with van der Waals surface area (Å²) in [5, 5.41) is 17.0. The lowest BCUT2D eigenvalue weighted by Gasteiger charge is -2.36. The molecule has 1 atom stereocenters. The molecule has 3 aromatic rings. The van der Waals surface area contributed by atoms with Crippen LogP contribution in [-0.2, 0) is 6.18 Å². The summed E-state index contributed by atoms with van der Waals surface area (Å²) in [6, 6.07) is 13.2. The molecule has 0 radical (unpaired) electrons. The van der Waals surface area contributed by atoms with Gasteiger partial charge in [-0.25, -0.2) is 4.79 Å². The molecule has 0 aliphatic carbocycles. The first-order valence-electron chi connectivity index (χ1n) is 12.2. The van der Waals surface area contributed by atoms with Crippen molar-refractivity contribution in [1.29, 1.82) is 0 Å². The van der Waals surface area contributed by atoms with Crippen molar-refractivity contribution in [3.63, 3.8) is 0 Å². The molecule has 7 nitrogen and oxygen atoms in total. The van der Waals surface area contributed by atoms with Crippen LogP contribution in [0.3, 0.4) is 0 Å². The second-order valence-electron chi connectivity index (χ2n) is 9.34. The molecular weight excluding hydrogens is 542 g/mol. The maximum atomic E-state index is 13.8. The van der Waals surface area contributed by atoms with Gasteiger partial charge in [0.15, 0.2) is 5.69 Å². The third kappa shape index (κ3) is 5.72. The lowest BCUT2D eigenvalue weighted by molar-refractivity contribution is -0.145. The minimum atomic E-state index is -4.83. The smallest absolute Gasteiger partial charge is 0.433 e. The number of carbonyl (C=O) groups is 1. The summed E-state index contributed by atoms with van der Waals surface area (Å²) in [7, 11) is 0. The molecule has 2 aromatic carbocycles. The first-order chi connectivity index (χ1) is 17.7. The number of halogens is 5. The number of aromatic carboxylic acids is 1. The number of carboxylic acids is 1. The standard InChI is InChI=1S/C26H27ClF3N5O2.ClH/c27-18-5-8-21(17-3-6-19(7-4-17)33-12-9-31-10-13-33)23(14-18)34-11-1-2-20(16-34)35-24(26(28,29)30)22(15-32-35)25(36)37;/h3-8,14-15,20,31H,1-2,9-13,16H2,(H,36,37);1H. The number of anilines is 2. The highest BCUT2D eigenvalue weighted by Gasteiger charge is 2.42. The number of carboxylic acid groups (broad SMARTS) is 1. The molecule has 0 saturated carbocycles. The van der Waals surface area contributed by atoms with E-state index in [-0.39, 0.29) is 19.0 Å². The van der Waals surface area contributed by atoms with Crippen molar-refractivity contribution in [3.05, 3.63) is 64.9 Å². The molecular formula is C26H28Cl2F3N5O2. The number of benzene rings is 2. The van der Waals surface area contributed by atoms with Crippen molar-refractivity contribution in [1.82, 2.24) is 15.1 Å². The van der Waals surface area contributed by atoms with Crippen LogP contribution in [0.5, 0.6) is 0 Å². The van der Waals surface area contributed by atoms with Crippen LogP contribution in [0, 0.1) is 0 Å². The molecule has 1 unspecified atom stereocenters. The van der Waals surface area contributed by atoms with Crippen molar-refractivity contribution in [2.45, 2.75) is 25.1 Å². The fraction of sp³-hybridized carbons (Fsp3) is 0.385. The average molecular weight is 570 g/mol. The van der Waals surface area contributed by atoms with Gasteiger partial charge in [-0.05, 0) is 42.7 Å². The second kappa shape index (κ2) is 11.4. The lowest BCUT2D eigenvalue weighted by Crippen LogP contribution is -2.43. The van der Waals surface area contributed by atoms with Crippen LogP contribution in [-0.4, -0.2) is 60.1 Å². The molecule has 5 rings (SSSR count). The van der Waals surface area contributed by atoms with E-state index in [2.05, 4.69) is 39.6 Å². The Kier molecular flexibility index (Phi) is 8.44. The van der Waals surface area contributed by atoms with Gasteiger partial charge in [0.05, 0.1) is 12.2 Å². The number of piperazine rings is 1. The van der Waals surface area contributed by atoms with Crippen molar-refractivity contribution in [2.75, 3.05) is 49.1 Å². The SMILES string of the molecule is Cl.O=C(O)c1cnn(C2CCCN(c3cc(Cl)ccc3-c3ccc(N4CCNCC4)cc3)C2)c1C(F)(F)F. The van der Waals surface area contributed by atoms with Crippen LogP contribution in [0.15, 0.2) is 48.7 Å². The molecule has 38 heavy (non-hydrogen) atoms. The average Bonchev–Trinajstić information content (AvgIpc) is 3.36. The van der Waals surface area contributed by atoms with Crippen LogP contribution >= 0.6 is 24.0 Å².